The predicted octanol–water partition coefficient (Wildman–Crippen LogP) is 2.02. The Labute approximate surface area is 110 Å². The first-order valence-corrected chi connectivity index (χ1v) is 7.25. The molecular weight excluding hydrogens is 224 g/mol. The number of piperidine rings is 1. The van der Waals surface area contributed by atoms with Gasteiger partial charge in [-0.25, -0.2) is 4.98 Å². The molecule has 4 heteroatoms. The van der Waals surface area contributed by atoms with E-state index in [-0.39, 0.29) is 0 Å². The van der Waals surface area contributed by atoms with Crippen LogP contribution in [0.2, 0.25) is 0 Å². The van der Waals surface area contributed by atoms with Crippen molar-refractivity contribution in [2.45, 2.75) is 45.7 Å². The van der Waals surface area contributed by atoms with Crippen LogP contribution in [-0.2, 0) is 6.54 Å². The molecule has 1 fully saturated rings. The highest BCUT2D eigenvalue weighted by Crippen LogP contribution is 2.35. The van der Waals surface area contributed by atoms with Crippen LogP contribution in [0, 0.1) is 5.92 Å². The Morgan fingerprint density at radius 3 is 2.94 bits per heavy atom. The Kier molecular flexibility index (Phi) is 4.78. The van der Waals surface area contributed by atoms with Crippen LogP contribution in [0.15, 0.2) is 12.5 Å². The second-order valence-corrected chi connectivity index (χ2v) is 5.22. The Morgan fingerprint density at radius 2 is 2.28 bits per heavy atom. The van der Waals surface area contributed by atoms with Crippen molar-refractivity contribution in [3.63, 3.8) is 0 Å². The van der Waals surface area contributed by atoms with E-state index in [1.54, 1.807) is 0 Å². The molecule has 0 radical (unpaired) electrons. The molecule has 0 spiro atoms. The van der Waals surface area contributed by atoms with Gasteiger partial charge in [0.25, 0.3) is 0 Å². The highest BCUT2D eigenvalue weighted by atomic mass is 15.2. The number of hydrogen-bond donors (Lipinski definition) is 1. The fraction of sp³-hybridized carbons (Fsp3) is 0.786. The van der Waals surface area contributed by atoms with Crippen molar-refractivity contribution < 1.29 is 0 Å². The lowest BCUT2D eigenvalue weighted by molar-refractivity contribution is 0.0904. The standard InChI is InChI=1S/C14H26N4/c1-3-7-18-8-5-6-12(9-15)14(18)13-10-16-11-17(13)4-2/h10-12,14H,3-9,15H2,1-2H3. The number of rotatable bonds is 5. The molecule has 0 amide bonds. The summed E-state index contributed by atoms with van der Waals surface area (Å²) in [7, 11) is 0. The third-order valence-electron chi connectivity index (χ3n) is 4.06. The summed E-state index contributed by atoms with van der Waals surface area (Å²) >= 11 is 0. The molecule has 2 N–H and O–H groups in total. The predicted molar refractivity (Wildman–Crippen MR) is 74.3 cm³/mol. The van der Waals surface area contributed by atoms with E-state index in [9.17, 15) is 0 Å². The van der Waals surface area contributed by atoms with Gasteiger partial charge in [0.05, 0.1) is 18.1 Å². The molecule has 102 valence electrons. The number of aryl methyl sites for hydroxylation is 1. The molecule has 1 saturated heterocycles. The minimum atomic E-state index is 0.464. The molecule has 2 heterocycles. The van der Waals surface area contributed by atoms with E-state index in [0.29, 0.717) is 12.0 Å². The highest BCUT2D eigenvalue weighted by molar-refractivity contribution is 5.09. The van der Waals surface area contributed by atoms with Crippen LogP contribution in [0.5, 0.6) is 0 Å². The van der Waals surface area contributed by atoms with Crippen molar-refractivity contribution in [2.75, 3.05) is 19.6 Å². The van der Waals surface area contributed by atoms with Gasteiger partial charge in [0.2, 0.25) is 0 Å². The van der Waals surface area contributed by atoms with Crippen molar-refractivity contribution in [3.8, 4) is 0 Å². The molecule has 1 aromatic heterocycles. The summed E-state index contributed by atoms with van der Waals surface area (Å²) < 4.78 is 2.27. The average molecular weight is 250 g/mol. The van der Waals surface area contributed by atoms with E-state index in [4.69, 9.17) is 5.73 Å². The fourth-order valence-electron chi connectivity index (χ4n) is 3.21. The van der Waals surface area contributed by atoms with Gasteiger partial charge in [-0.05, 0) is 51.7 Å². The van der Waals surface area contributed by atoms with Crippen LogP contribution in [-0.4, -0.2) is 34.1 Å². The largest absolute Gasteiger partial charge is 0.333 e. The zero-order valence-electron chi connectivity index (χ0n) is 11.7. The van der Waals surface area contributed by atoms with Crippen molar-refractivity contribution in [1.82, 2.24) is 14.5 Å². The quantitative estimate of drug-likeness (QED) is 0.869. The SMILES string of the molecule is CCCN1CCCC(CN)C1c1cncn1CC. The number of likely N-dealkylation sites (tertiary alicyclic amines) is 1. The van der Waals surface area contributed by atoms with Crippen LogP contribution >= 0.6 is 0 Å². The van der Waals surface area contributed by atoms with E-state index in [0.717, 1.165) is 19.6 Å². The van der Waals surface area contributed by atoms with Gasteiger partial charge in [-0.2, -0.15) is 0 Å². The fourth-order valence-corrected chi connectivity index (χ4v) is 3.21. The molecule has 1 aliphatic rings. The van der Waals surface area contributed by atoms with Crippen molar-refractivity contribution in [1.29, 1.82) is 0 Å². The summed E-state index contributed by atoms with van der Waals surface area (Å²) in [6.45, 7) is 8.55. The van der Waals surface area contributed by atoms with E-state index in [1.807, 2.05) is 12.5 Å². The number of imidazole rings is 1. The van der Waals surface area contributed by atoms with Gasteiger partial charge in [0.15, 0.2) is 0 Å². The molecule has 2 unspecified atom stereocenters. The van der Waals surface area contributed by atoms with Crippen LogP contribution in [0.3, 0.4) is 0 Å². The maximum Gasteiger partial charge on any atom is 0.0948 e. The monoisotopic (exact) mass is 250 g/mol. The molecular formula is C14H26N4. The van der Waals surface area contributed by atoms with Crippen LogP contribution in [0.4, 0.5) is 0 Å². The van der Waals surface area contributed by atoms with Gasteiger partial charge in [0.1, 0.15) is 0 Å². The Balaban J connectivity index is 2.27. The molecule has 0 aliphatic carbocycles. The molecule has 0 bridgehead atoms. The van der Waals surface area contributed by atoms with Crippen LogP contribution < -0.4 is 5.73 Å². The Hall–Kier alpha value is -0.870. The Morgan fingerprint density at radius 1 is 1.44 bits per heavy atom. The smallest absolute Gasteiger partial charge is 0.0948 e. The third kappa shape index (κ3) is 2.59. The first-order chi connectivity index (χ1) is 8.81. The molecule has 0 aromatic carbocycles. The lowest BCUT2D eigenvalue weighted by Crippen LogP contribution is -2.42. The first-order valence-electron chi connectivity index (χ1n) is 7.25. The number of nitrogens with two attached hydrogens (primary N) is 1. The molecule has 1 aliphatic heterocycles. The van der Waals surface area contributed by atoms with E-state index in [1.165, 1.54) is 31.5 Å². The minimum Gasteiger partial charge on any atom is -0.333 e. The number of aromatic nitrogens is 2. The van der Waals surface area contributed by atoms with Crippen LogP contribution in [0.25, 0.3) is 0 Å². The van der Waals surface area contributed by atoms with E-state index < -0.39 is 0 Å². The minimum absolute atomic E-state index is 0.464. The summed E-state index contributed by atoms with van der Waals surface area (Å²) in [6.07, 6.45) is 7.70. The second-order valence-electron chi connectivity index (χ2n) is 5.22. The summed E-state index contributed by atoms with van der Waals surface area (Å²) in [5.41, 5.74) is 7.34. The van der Waals surface area contributed by atoms with Gasteiger partial charge >= 0.3 is 0 Å². The van der Waals surface area contributed by atoms with Crippen molar-refractivity contribution in [2.24, 2.45) is 11.7 Å². The topological polar surface area (TPSA) is 47.1 Å². The number of hydrogen-bond acceptors (Lipinski definition) is 3. The van der Waals surface area contributed by atoms with Crippen molar-refractivity contribution in [3.05, 3.63) is 18.2 Å². The van der Waals surface area contributed by atoms with Gasteiger partial charge in [-0.1, -0.05) is 6.92 Å². The lowest BCUT2D eigenvalue weighted by atomic mass is 9.87. The zero-order chi connectivity index (χ0) is 13.0. The summed E-state index contributed by atoms with van der Waals surface area (Å²) in [4.78, 5) is 6.93. The zero-order valence-corrected chi connectivity index (χ0v) is 11.7. The van der Waals surface area contributed by atoms with Gasteiger partial charge in [-0.3, -0.25) is 4.90 Å². The normalized spacial score (nSPS) is 25.5. The second kappa shape index (κ2) is 6.34. The molecule has 18 heavy (non-hydrogen) atoms. The molecule has 2 atom stereocenters. The summed E-state index contributed by atoms with van der Waals surface area (Å²) in [5.74, 6) is 0.576. The lowest BCUT2D eigenvalue weighted by Gasteiger charge is -2.41. The molecule has 1 aromatic rings. The Bertz CT molecular complexity index is 358. The van der Waals surface area contributed by atoms with E-state index >= 15 is 0 Å². The molecule has 4 nitrogen and oxygen atoms in total. The third-order valence-corrected chi connectivity index (χ3v) is 4.06. The van der Waals surface area contributed by atoms with Crippen molar-refractivity contribution >= 4 is 0 Å². The maximum atomic E-state index is 5.99. The first kappa shape index (κ1) is 13.6. The number of nitrogens with zero attached hydrogens (tertiary/aromatic N) is 3. The molecule has 2 rings (SSSR count). The van der Waals surface area contributed by atoms with Gasteiger partial charge in [0, 0.05) is 12.7 Å². The maximum absolute atomic E-state index is 5.99. The highest BCUT2D eigenvalue weighted by Gasteiger charge is 2.33. The molecule has 0 saturated carbocycles. The van der Waals surface area contributed by atoms with Gasteiger partial charge in [-0.15, -0.1) is 0 Å². The van der Waals surface area contributed by atoms with Crippen LogP contribution in [0.1, 0.15) is 44.8 Å². The summed E-state index contributed by atoms with van der Waals surface area (Å²) in [5, 5.41) is 0. The van der Waals surface area contributed by atoms with E-state index in [2.05, 4.69) is 28.3 Å². The van der Waals surface area contributed by atoms with Gasteiger partial charge < -0.3 is 10.3 Å². The average Bonchev–Trinajstić information content (AvgIpc) is 2.86. The summed E-state index contributed by atoms with van der Waals surface area (Å²) in [6, 6.07) is 0.464.